The molecule has 18 heavy (non-hydrogen) atoms. The standard InChI is InChI=1S/C14H15NO3/c1-10-2-4-11(5-3-10)9-18-14-7-15-12(8-16)6-13(14)17/h2-7,16H,8-9H2,1H3,(H,15,17). The average molecular weight is 245 g/mol. The number of aliphatic hydroxyl groups excluding tert-OH is 1. The van der Waals surface area contributed by atoms with Gasteiger partial charge in [0.2, 0.25) is 5.43 Å². The maximum absolute atomic E-state index is 11.6. The lowest BCUT2D eigenvalue weighted by molar-refractivity contribution is 0.274. The van der Waals surface area contributed by atoms with Crippen molar-refractivity contribution in [3.05, 3.63) is 63.6 Å². The highest BCUT2D eigenvalue weighted by Gasteiger charge is 2.02. The molecule has 1 heterocycles. The van der Waals surface area contributed by atoms with Crippen molar-refractivity contribution in [2.45, 2.75) is 20.1 Å². The van der Waals surface area contributed by atoms with Crippen LogP contribution in [-0.2, 0) is 13.2 Å². The molecule has 2 aromatic rings. The molecular weight excluding hydrogens is 230 g/mol. The van der Waals surface area contributed by atoms with Crippen molar-refractivity contribution >= 4 is 0 Å². The number of ether oxygens (including phenoxy) is 1. The van der Waals surface area contributed by atoms with E-state index >= 15 is 0 Å². The summed E-state index contributed by atoms with van der Waals surface area (Å²) in [4.78, 5) is 14.4. The molecule has 0 saturated carbocycles. The van der Waals surface area contributed by atoms with E-state index in [1.54, 1.807) is 0 Å². The van der Waals surface area contributed by atoms with Crippen molar-refractivity contribution < 1.29 is 9.84 Å². The van der Waals surface area contributed by atoms with Gasteiger partial charge in [0.05, 0.1) is 6.61 Å². The SMILES string of the molecule is Cc1ccc(COc2c[nH]c(CO)cc2=O)cc1. The molecule has 4 heteroatoms. The zero-order valence-corrected chi connectivity index (χ0v) is 10.1. The fourth-order valence-electron chi connectivity index (χ4n) is 1.55. The van der Waals surface area contributed by atoms with Crippen molar-refractivity contribution in [3.63, 3.8) is 0 Å². The maximum atomic E-state index is 11.6. The lowest BCUT2D eigenvalue weighted by atomic mass is 10.2. The van der Waals surface area contributed by atoms with Gasteiger partial charge in [0.1, 0.15) is 6.61 Å². The van der Waals surface area contributed by atoms with Gasteiger partial charge < -0.3 is 14.8 Å². The average Bonchev–Trinajstić information content (AvgIpc) is 2.39. The molecule has 4 nitrogen and oxygen atoms in total. The van der Waals surface area contributed by atoms with Crippen molar-refractivity contribution in [1.29, 1.82) is 0 Å². The predicted octanol–water partition coefficient (Wildman–Crippen LogP) is 1.75. The Morgan fingerprint density at radius 2 is 2.00 bits per heavy atom. The molecule has 0 amide bonds. The third kappa shape index (κ3) is 2.99. The summed E-state index contributed by atoms with van der Waals surface area (Å²) in [7, 11) is 0. The number of rotatable bonds is 4. The predicted molar refractivity (Wildman–Crippen MR) is 68.5 cm³/mol. The zero-order valence-electron chi connectivity index (χ0n) is 10.1. The van der Waals surface area contributed by atoms with Crippen LogP contribution in [0.4, 0.5) is 0 Å². The molecule has 0 aliphatic heterocycles. The van der Waals surface area contributed by atoms with E-state index in [1.165, 1.54) is 17.8 Å². The van der Waals surface area contributed by atoms with Crippen LogP contribution in [0.25, 0.3) is 0 Å². The fraction of sp³-hybridized carbons (Fsp3) is 0.214. The molecular formula is C14H15NO3. The first-order chi connectivity index (χ1) is 8.69. The van der Waals surface area contributed by atoms with Gasteiger partial charge in [-0.3, -0.25) is 4.79 Å². The normalized spacial score (nSPS) is 10.3. The van der Waals surface area contributed by atoms with Crippen LogP contribution in [0.15, 0.2) is 41.3 Å². The number of benzene rings is 1. The molecule has 0 atom stereocenters. The molecule has 0 unspecified atom stereocenters. The number of aliphatic hydroxyl groups is 1. The van der Waals surface area contributed by atoms with Gasteiger partial charge >= 0.3 is 0 Å². The Bertz CT molecular complexity index is 572. The number of aromatic amines is 1. The summed E-state index contributed by atoms with van der Waals surface area (Å²) < 4.78 is 5.44. The van der Waals surface area contributed by atoms with Crippen molar-refractivity contribution in [3.8, 4) is 5.75 Å². The summed E-state index contributed by atoms with van der Waals surface area (Å²) in [5.41, 5.74) is 2.43. The smallest absolute Gasteiger partial charge is 0.223 e. The Morgan fingerprint density at radius 3 is 2.61 bits per heavy atom. The van der Waals surface area contributed by atoms with E-state index in [-0.39, 0.29) is 17.8 Å². The van der Waals surface area contributed by atoms with Crippen molar-refractivity contribution in [2.75, 3.05) is 0 Å². The van der Waals surface area contributed by atoms with E-state index in [4.69, 9.17) is 9.84 Å². The first-order valence-corrected chi connectivity index (χ1v) is 5.70. The van der Waals surface area contributed by atoms with E-state index in [0.29, 0.717) is 12.3 Å². The van der Waals surface area contributed by atoms with Crippen LogP contribution in [0, 0.1) is 6.92 Å². The molecule has 0 aliphatic carbocycles. The van der Waals surface area contributed by atoms with Gasteiger partial charge in [0.15, 0.2) is 5.75 Å². The first kappa shape index (κ1) is 12.4. The largest absolute Gasteiger partial charge is 0.483 e. The van der Waals surface area contributed by atoms with E-state index < -0.39 is 0 Å². The third-order valence-electron chi connectivity index (χ3n) is 2.62. The van der Waals surface area contributed by atoms with E-state index in [1.807, 2.05) is 31.2 Å². The number of aryl methyl sites for hydroxylation is 1. The second-order valence-electron chi connectivity index (χ2n) is 4.12. The number of nitrogens with one attached hydrogen (secondary N) is 1. The highest BCUT2D eigenvalue weighted by Crippen LogP contribution is 2.08. The third-order valence-corrected chi connectivity index (χ3v) is 2.62. The number of aromatic nitrogens is 1. The topological polar surface area (TPSA) is 62.3 Å². The summed E-state index contributed by atoms with van der Waals surface area (Å²) in [6.45, 7) is 2.18. The van der Waals surface area contributed by atoms with Crippen LogP contribution < -0.4 is 10.2 Å². The lowest BCUT2D eigenvalue weighted by Crippen LogP contribution is -2.09. The maximum Gasteiger partial charge on any atom is 0.223 e. The van der Waals surface area contributed by atoms with Gasteiger partial charge in [-0.2, -0.15) is 0 Å². The van der Waals surface area contributed by atoms with Crippen LogP contribution in [0.3, 0.4) is 0 Å². The van der Waals surface area contributed by atoms with Gasteiger partial charge in [0, 0.05) is 18.0 Å². The highest BCUT2D eigenvalue weighted by atomic mass is 16.5. The second kappa shape index (κ2) is 5.51. The Hall–Kier alpha value is -2.07. The molecule has 0 spiro atoms. The summed E-state index contributed by atoms with van der Waals surface area (Å²) in [5.74, 6) is 0.257. The van der Waals surface area contributed by atoms with Crippen molar-refractivity contribution in [2.24, 2.45) is 0 Å². The molecule has 0 bridgehead atoms. The van der Waals surface area contributed by atoms with Crippen LogP contribution >= 0.6 is 0 Å². The van der Waals surface area contributed by atoms with E-state index in [2.05, 4.69) is 4.98 Å². The fourth-order valence-corrected chi connectivity index (χ4v) is 1.55. The minimum absolute atomic E-state index is 0.187. The zero-order chi connectivity index (χ0) is 13.0. The Morgan fingerprint density at radius 1 is 1.28 bits per heavy atom. The molecule has 1 aromatic carbocycles. The van der Waals surface area contributed by atoms with E-state index in [9.17, 15) is 4.79 Å². The van der Waals surface area contributed by atoms with Crippen LogP contribution in [-0.4, -0.2) is 10.1 Å². The summed E-state index contributed by atoms with van der Waals surface area (Å²) >= 11 is 0. The van der Waals surface area contributed by atoms with Crippen LogP contribution in [0.1, 0.15) is 16.8 Å². The number of hydrogen-bond donors (Lipinski definition) is 2. The minimum atomic E-state index is -0.232. The second-order valence-corrected chi connectivity index (χ2v) is 4.12. The highest BCUT2D eigenvalue weighted by molar-refractivity contribution is 5.23. The van der Waals surface area contributed by atoms with Crippen LogP contribution in [0.5, 0.6) is 5.75 Å². The molecule has 0 aliphatic rings. The Kier molecular flexibility index (Phi) is 3.79. The van der Waals surface area contributed by atoms with Gasteiger partial charge in [-0.05, 0) is 12.5 Å². The van der Waals surface area contributed by atoms with Gasteiger partial charge in [-0.25, -0.2) is 0 Å². The molecule has 2 N–H and O–H groups in total. The Balaban J connectivity index is 2.06. The van der Waals surface area contributed by atoms with Gasteiger partial charge in [0.25, 0.3) is 0 Å². The first-order valence-electron chi connectivity index (χ1n) is 5.70. The lowest BCUT2D eigenvalue weighted by Gasteiger charge is -2.06. The molecule has 1 aromatic heterocycles. The molecule has 94 valence electrons. The number of hydrogen-bond acceptors (Lipinski definition) is 3. The molecule has 0 radical (unpaired) electrons. The summed E-state index contributed by atoms with van der Waals surface area (Å²) in [5, 5.41) is 8.88. The molecule has 2 rings (SSSR count). The van der Waals surface area contributed by atoms with Crippen LogP contribution in [0.2, 0.25) is 0 Å². The Labute approximate surface area is 105 Å². The van der Waals surface area contributed by atoms with Gasteiger partial charge in [-0.1, -0.05) is 29.8 Å². The van der Waals surface area contributed by atoms with Gasteiger partial charge in [-0.15, -0.1) is 0 Å². The molecule has 0 saturated heterocycles. The minimum Gasteiger partial charge on any atom is -0.483 e. The molecule has 0 fully saturated rings. The summed E-state index contributed by atoms with van der Waals surface area (Å²) in [6, 6.07) is 9.26. The quantitative estimate of drug-likeness (QED) is 0.862. The monoisotopic (exact) mass is 245 g/mol. The number of pyridine rings is 1. The summed E-state index contributed by atoms with van der Waals surface area (Å²) in [6.07, 6.45) is 1.47. The van der Waals surface area contributed by atoms with E-state index in [0.717, 1.165) is 5.56 Å². The van der Waals surface area contributed by atoms with Crippen molar-refractivity contribution in [1.82, 2.24) is 4.98 Å². The number of H-pyrrole nitrogens is 1.